The summed E-state index contributed by atoms with van der Waals surface area (Å²) >= 11 is 0. The van der Waals surface area contributed by atoms with Gasteiger partial charge in [0.1, 0.15) is 12.4 Å². The van der Waals surface area contributed by atoms with Crippen molar-refractivity contribution in [3.8, 4) is 5.75 Å². The Labute approximate surface area is 189 Å². The van der Waals surface area contributed by atoms with Crippen LogP contribution in [0.4, 0.5) is 11.4 Å². The highest BCUT2D eigenvalue weighted by Gasteiger charge is 2.39. The second-order valence-corrected chi connectivity index (χ2v) is 9.39. The number of carbonyl (C=O) groups is 1. The van der Waals surface area contributed by atoms with Crippen LogP contribution in [0.2, 0.25) is 0 Å². The number of para-hydroxylation sites is 3. The predicted molar refractivity (Wildman–Crippen MR) is 129 cm³/mol. The molecule has 0 saturated carbocycles. The lowest BCUT2D eigenvalue weighted by Gasteiger charge is -2.34. The fraction of sp³-hybridized carbons (Fsp3) is 0.250. The number of rotatable bonds is 4. The van der Waals surface area contributed by atoms with Gasteiger partial charge in [0.2, 0.25) is 0 Å². The second kappa shape index (κ2) is 8.19. The summed E-state index contributed by atoms with van der Waals surface area (Å²) in [7, 11) is 0. The summed E-state index contributed by atoms with van der Waals surface area (Å²) in [5.41, 5.74) is 5.81. The normalized spacial score (nSPS) is 19.2. The van der Waals surface area contributed by atoms with Gasteiger partial charge in [-0.3, -0.25) is 4.79 Å². The van der Waals surface area contributed by atoms with E-state index in [4.69, 9.17) is 4.74 Å². The van der Waals surface area contributed by atoms with E-state index in [1.165, 1.54) is 0 Å². The Morgan fingerprint density at radius 1 is 0.875 bits per heavy atom. The number of hydrogen-bond donors (Lipinski definition) is 2. The highest BCUT2D eigenvalue weighted by molar-refractivity contribution is 6.01. The zero-order valence-electron chi connectivity index (χ0n) is 18.5. The van der Waals surface area contributed by atoms with E-state index in [1.807, 2.05) is 48.5 Å². The lowest BCUT2D eigenvalue weighted by atomic mass is 9.73. The number of ketones is 1. The molecule has 4 nitrogen and oxygen atoms in total. The first-order valence-electron chi connectivity index (χ1n) is 11.1. The van der Waals surface area contributed by atoms with Gasteiger partial charge in [0, 0.05) is 23.3 Å². The molecule has 32 heavy (non-hydrogen) atoms. The molecule has 0 unspecified atom stereocenters. The maximum absolute atomic E-state index is 13.4. The summed E-state index contributed by atoms with van der Waals surface area (Å²) in [6.45, 7) is 4.80. The van der Waals surface area contributed by atoms with Crippen LogP contribution < -0.4 is 15.4 Å². The summed E-state index contributed by atoms with van der Waals surface area (Å²) < 4.78 is 6.27. The maximum atomic E-state index is 13.4. The first-order chi connectivity index (χ1) is 15.5. The number of ether oxygens (including phenoxy) is 1. The van der Waals surface area contributed by atoms with E-state index < -0.39 is 0 Å². The molecule has 2 N–H and O–H groups in total. The van der Waals surface area contributed by atoms with E-state index in [1.54, 1.807) is 0 Å². The van der Waals surface area contributed by atoms with Crippen molar-refractivity contribution in [3.63, 3.8) is 0 Å². The van der Waals surface area contributed by atoms with Gasteiger partial charge in [-0.1, -0.05) is 74.5 Å². The Kier molecular flexibility index (Phi) is 5.22. The molecule has 0 bridgehead atoms. The molecule has 5 rings (SSSR count). The summed E-state index contributed by atoms with van der Waals surface area (Å²) in [6, 6.07) is 26.0. The van der Waals surface area contributed by atoms with Gasteiger partial charge >= 0.3 is 0 Å². The van der Waals surface area contributed by atoms with E-state index >= 15 is 0 Å². The monoisotopic (exact) mass is 424 g/mol. The third-order valence-electron chi connectivity index (χ3n) is 6.19. The summed E-state index contributed by atoms with van der Waals surface area (Å²) in [5, 5.41) is 7.23. The van der Waals surface area contributed by atoms with Gasteiger partial charge in [-0.25, -0.2) is 0 Å². The lowest BCUT2D eigenvalue weighted by Crippen LogP contribution is -2.31. The number of Topliss-reactive ketones (excluding diaryl/α,β-unsaturated/α-hetero) is 1. The van der Waals surface area contributed by atoms with Gasteiger partial charge in [0.25, 0.3) is 0 Å². The van der Waals surface area contributed by atoms with Crippen LogP contribution in [0, 0.1) is 5.41 Å². The van der Waals surface area contributed by atoms with Crippen molar-refractivity contribution in [1.29, 1.82) is 0 Å². The third kappa shape index (κ3) is 4.01. The number of nitrogens with one attached hydrogen (secondary N) is 2. The minimum atomic E-state index is -0.281. The van der Waals surface area contributed by atoms with Crippen LogP contribution in [0.15, 0.2) is 90.1 Å². The zero-order valence-corrected chi connectivity index (χ0v) is 18.5. The molecular weight excluding hydrogens is 396 g/mol. The number of carbonyl (C=O) groups excluding carboxylic acids is 1. The summed E-state index contributed by atoms with van der Waals surface area (Å²) in [5.74, 6) is 0.977. The third-order valence-corrected chi connectivity index (χ3v) is 6.19. The highest BCUT2D eigenvalue weighted by atomic mass is 16.5. The fourth-order valence-electron chi connectivity index (χ4n) is 4.71. The topological polar surface area (TPSA) is 50.4 Å². The van der Waals surface area contributed by atoms with Crippen molar-refractivity contribution in [3.05, 3.63) is 101 Å². The van der Waals surface area contributed by atoms with Crippen LogP contribution in [0.25, 0.3) is 0 Å². The molecule has 1 atom stereocenters. The highest BCUT2D eigenvalue weighted by Crippen LogP contribution is 2.46. The van der Waals surface area contributed by atoms with Crippen LogP contribution in [-0.4, -0.2) is 5.78 Å². The molecule has 0 aromatic heterocycles. The number of hydrogen-bond acceptors (Lipinski definition) is 4. The molecule has 1 aliphatic heterocycles. The Bertz CT molecular complexity index is 1180. The SMILES string of the molecule is CC1(C)CC(=O)C2=C(C1)Nc1ccccc1N[C@H]2c1ccccc1OCc1ccccc1. The van der Waals surface area contributed by atoms with Gasteiger partial charge in [0.15, 0.2) is 5.78 Å². The number of anilines is 2. The van der Waals surface area contributed by atoms with Crippen molar-refractivity contribution in [1.82, 2.24) is 0 Å². The maximum Gasteiger partial charge on any atom is 0.163 e. The predicted octanol–water partition coefficient (Wildman–Crippen LogP) is 6.49. The molecule has 4 heteroatoms. The van der Waals surface area contributed by atoms with Crippen molar-refractivity contribution >= 4 is 17.2 Å². The van der Waals surface area contributed by atoms with Crippen molar-refractivity contribution in [2.75, 3.05) is 10.6 Å². The van der Waals surface area contributed by atoms with E-state index in [0.29, 0.717) is 13.0 Å². The van der Waals surface area contributed by atoms with E-state index in [9.17, 15) is 4.79 Å². The number of fused-ring (bicyclic) bond motifs is 1. The molecule has 2 aliphatic rings. The minimum Gasteiger partial charge on any atom is -0.489 e. The fourth-order valence-corrected chi connectivity index (χ4v) is 4.71. The van der Waals surface area contributed by atoms with Crippen LogP contribution in [0.5, 0.6) is 5.75 Å². The van der Waals surface area contributed by atoms with Crippen molar-refractivity contribution in [2.45, 2.75) is 39.3 Å². The van der Waals surface area contributed by atoms with E-state index in [2.05, 4.69) is 54.8 Å². The Hall–Kier alpha value is -3.53. The average molecular weight is 425 g/mol. The molecule has 3 aromatic carbocycles. The smallest absolute Gasteiger partial charge is 0.163 e. The van der Waals surface area contributed by atoms with Crippen LogP contribution in [-0.2, 0) is 11.4 Å². The van der Waals surface area contributed by atoms with Gasteiger partial charge < -0.3 is 15.4 Å². The first-order valence-corrected chi connectivity index (χ1v) is 11.1. The van der Waals surface area contributed by atoms with Crippen molar-refractivity contribution < 1.29 is 9.53 Å². The average Bonchev–Trinajstić information content (AvgIpc) is 2.94. The molecule has 0 amide bonds. The molecule has 0 spiro atoms. The molecule has 162 valence electrons. The minimum absolute atomic E-state index is 0.0733. The van der Waals surface area contributed by atoms with Gasteiger partial charge in [-0.05, 0) is 35.6 Å². The van der Waals surface area contributed by atoms with Gasteiger partial charge in [-0.15, -0.1) is 0 Å². The van der Waals surface area contributed by atoms with Gasteiger partial charge in [0.05, 0.1) is 17.4 Å². The van der Waals surface area contributed by atoms with Crippen molar-refractivity contribution in [2.24, 2.45) is 5.41 Å². The largest absolute Gasteiger partial charge is 0.489 e. The Morgan fingerprint density at radius 2 is 1.56 bits per heavy atom. The quantitative estimate of drug-likeness (QED) is 0.503. The molecule has 0 fully saturated rings. The molecular formula is C28H28N2O2. The van der Waals surface area contributed by atoms with E-state index in [-0.39, 0.29) is 17.2 Å². The molecule has 0 saturated heterocycles. The van der Waals surface area contributed by atoms with Crippen LogP contribution in [0.3, 0.4) is 0 Å². The Morgan fingerprint density at radius 3 is 2.38 bits per heavy atom. The van der Waals surface area contributed by atoms with Gasteiger partial charge in [-0.2, -0.15) is 0 Å². The molecule has 3 aromatic rings. The zero-order chi connectivity index (χ0) is 22.1. The first kappa shape index (κ1) is 20.4. The standard InChI is InChI=1S/C28H28N2O2/c1-28(2)16-23-26(24(31)17-28)27(30-22-14-8-7-13-21(22)29-23)20-12-6-9-15-25(20)32-18-19-10-4-3-5-11-19/h3-15,27,29-30H,16-18H2,1-2H3/t27-/m0/s1. The van der Waals surface area contributed by atoms with Crippen LogP contribution in [0.1, 0.15) is 43.9 Å². The summed E-state index contributed by atoms with van der Waals surface area (Å²) in [6.07, 6.45) is 1.36. The number of benzene rings is 3. The molecule has 0 radical (unpaired) electrons. The second-order valence-electron chi connectivity index (χ2n) is 9.39. The number of allylic oxidation sites excluding steroid dienone is 1. The summed E-state index contributed by atoms with van der Waals surface area (Å²) in [4.78, 5) is 13.4. The van der Waals surface area contributed by atoms with E-state index in [0.717, 1.165) is 45.9 Å². The molecule has 1 heterocycles. The molecule has 1 aliphatic carbocycles. The lowest BCUT2D eigenvalue weighted by molar-refractivity contribution is -0.118. The van der Waals surface area contributed by atoms with Crippen LogP contribution >= 0.6 is 0 Å². The Balaban J connectivity index is 1.58.